The van der Waals surface area contributed by atoms with Gasteiger partial charge in [0.25, 0.3) is 5.91 Å². The fourth-order valence-electron chi connectivity index (χ4n) is 3.34. The number of para-hydroxylation sites is 1. The molecule has 134 valence electrons. The van der Waals surface area contributed by atoms with Gasteiger partial charge in [-0.3, -0.25) is 4.79 Å². The predicted octanol–water partition coefficient (Wildman–Crippen LogP) is 2.78. The molecule has 0 spiro atoms. The van der Waals surface area contributed by atoms with Crippen LogP contribution in [0.15, 0.2) is 30.5 Å². The highest BCUT2D eigenvalue weighted by atomic mass is 19.1. The largest absolute Gasteiger partial charge is 0.339 e. The average molecular weight is 344 g/mol. The van der Waals surface area contributed by atoms with E-state index in [4.69, 9.17) is 0 Å². The van der Waals surface area contributed by atoms with Crippen LogP contribution in [0.5, 0.6) is 0 Å². The number of carbonyl (C=O) groups excluding carboxylic acids is 1. The minimum absolute atomic E-state index is 0.0120. The van der Waals surface area contributed by atoms with Crippen LogP contribution in [-0.2, 0) is 0 Å². The number of nitrogens with one attached hydrogen (secondary N) is 1. The van der Waals surface area contributed by atoms with Gasteiger partial charge in [0.05, 0.1) is 17.5 Å². The van der Waals surface area contributed by atoms with Gasteiger partial charge in [-0.05, 0) is 50.9 Å². The van der Waals surface area contributed by atoms with Crippen LogP contribution < -0.4 is 5.32 Å². The highest BCUT2D eigenvalue weighted by Gasteiger charge is 2.26. The number of benzene rings is 1. The molecule has 1 aromatic heterocycles. The lowest BCUT2D eigenvalue weighted by atomic mass is 9.96. The molecule has 1 fully saturated rings. The molecule has 0 bridgehead atoms. The van der Waals surface area contributed by atoms with Crippen molar-refractivity contribution in [3.63, 3.8) is 0 Å². The lowest BCUT2D eigenvalue weighted by molar-refractivity contribution is 0.0689. The van der Waals surface area contributed by atoms with Gasteiger partial charge in [-0.1, -0.05) is 19.1 Å². The van der Waals surface area contributed by atoms with Crippen molar-refractivity contribution in [3.8, 4) is 5.69 Å². The van der Waals surface area contributed by atoms with E-state index in [0.29, 0.717) is 22.9 Å². The van der Waals surface area contributed by atoms with Gasteiger partial charge >= 0.3 is 0 Å². The van der Waals surface area contributed by atoms with Crippen molar-refractivity contribution in [2.24, 2.45) is 5.92 Å². The van der Waals surface area contributed by atoms with Crippen LogP contribution in [0.25, 0.3) is 5.69 Å². The summed E-state index contributed by atoms with van der Waals surface area (Å²) in [5.41, 5.74) is 1.58. The Kier molecular flexibility index (Phi) is 5.48. The van der Waals surface area contributed by atoms with E-state index in [2.05, 4.69) is 17.3 Å². The summed E-state index contributed by atoms with van der Waals surface area (Å²) >= 11 is 0. The maximum atomic E-state index is 14.0. The maximum absolute atomic E-state index is 14.0. The molecule has 0 aliphatic carbocycles. The third kappa shape index (κ3) is 3.74. The zero-order chi connectivity index (χ0) is 17.8. The third-order valence-corrected chi connectivity index (χ3v) is 4.91. The van der Waals surface area contributed by atoms with Crippen molar-refractivity contribution < 1.29 is 9.18 Å². The van der Waals surface area contributed by atoms with Crippen LogP contribution in [-0.4, -0.2) is 46.8 Å². The number of piperidine rings is 1. The Morgan fingerprint density at radius 2 is 2.04 bits per heavy atom. The van der Waals surface area contributed by atoms with Gasteiger partial charge in [0.15, 0.2) is 0 Å². The number of hydrogen-bond donors (Lipinski definition) is 1. The molecule has 1 aromatic carbocycles. The highest BCUT2D eigenvalue weighted by Crippen LogP contribution is 2.22. The van der Waals surface area contributed by atoms with Gasteiger partial charge < -0.3 is 10.2 Å². The van der Waals surface area contributed by atoms with E-state index in [9.17, 15) is 9.18 Å². The van der Waals surface area contributed by atoms with Crippen molar-refractivity contribution in [3.05, 3.63) is 47.5 Å². The highest BCUT2D eigenvalue weighted by molar-refractivity contribution is 5.95. The van der Waals surface area contributed by atoms with Crippen molar-refractivity contribution >= 4 is 5.91 Å². The van der Waals surface area contributed by atoms with Crippen molar-refractivity contribution in [1.82, 2.24) is 20.0 Å². The number of aromatic nitrogens is 2. The van der Waals surface area contributed by atoms with E-state index >= 15 is 0 Å². The molecule has 3 rings (SSSR count). The summed E-state index contributed by atoms with van der Waals surface area (Å²) in [4.78, 5) is 14.7. The van der Waals surface area contributed by atoms with Crippen molar-refractivity contribution in [2.75, 3.05) is 26.2 Å². The van der Waals surface area contributed by atoms with E-state index in [1.807, 2.05) is 11.8 Å². The molecule has 25 heavy (non-hydrogen) atoms. The van der Waals surface area contributed by atoms with E-state index in [1.165, 1.54) is 10.7 Å². The summed E-state index contributed by atoms with van der Waals surface area (Å²) in [6, 6.07) is 6.46. The molecule has 0 saturated carbocycles. The lowest BCUT2D eigenvalue weighted by Gasteiger charge is -2.32. The number of rotatable bonds is 5. The number of nitrogens with zero attached hydrogens (tertiary/aromatic N) is 3. The van der Waals surface area contributed by atoms with Crippen molar-refractivity contribution in [2.45, 2.75) is 26.7 Å². The average Bonchev–Trinajstić information content (AvgIpc) is 3.01. The van der Waals surface area contributed by atoms with Gasteiger partial charge in [0, 0.05) is 13.1 Å². The Morgan fingerprint density at radius 1 is 1.32 bits per heavy atom. The second-order valence-electron chi connectivity index (χ2n) is 6.55. The summed E-state index contributed by atoms with van der Waals surface area (Å²) in [7, 11) is 0. The molecule has 1 aliphatic heterocycles. The van der Waals surface area contributed by atoms with Crippen LogP contribution in [0.1, 0.15) is 35.8 Å². The lowest BCUT2D eigenvalue weighted by Crippen LogP contribution is -2.40. The number of amides is 1. The third-order valence-electron chi connectivity index (χ3n) is 4.91. The van der Waals surface area contributed by atoms with Gasteiger partial charge in [-0.25, -0.2) is 9.07 Å². The quantitative estimate of drug-likeness (QED) is 0.907. The summed E-state index contributed by atoms with van der Waals surface area (Å²) in [6.45, 7) is 7.44. The summed E-state index contributed by atoms with van der Waals surface area (Å²) < 4.78 is 15.5. The van der Waals surface area contributed by atoms with Crippen LogP contribution >= 0.6 is 0 Å². The molecule has 0 unspecified atom stereocenters. The molecule has 1 N–H and O–H groups in total. The first-order valence-electron chi connectivity index (χ1n) is 8.91. The molecule has 6 heteroatoms. The first kappa shape index (κ1) is 17.6. The van der Waals surface area contributed by atoms with E-state index < -0.39 is 0 Å². The zero-order valence-electron chi connectivity index (χ0n) is 14.8. The summed E-state index contributed by atoms with van der Waals surface area (Å²) in [5, 5.41) is 7.61. The topological polar surface area (TPSA) is 50.2 Å². The van der Waals surface area contributed by atoms with Crippen LogP contribution in [0.3, 0.4) is 0 Å². The van der Waals surface area contributed by atoms with Gasteiger partial charge in [-0.15, -0.1) is 0 Å². The number of carbonyl (C=O) groups is 1. The minimum atomic E-state index is -0.350. The van der Waals surface area contributed by atoms with Gasteiger partial charge in [-0.2, -0.15) is 5.10 Å². The molecular formula is C19H25FN4O. The number of hydrogen-bond acceptors (Lipinski definition) is 3. The normalized spacial score (nSPS) is 15.6. The van der Waals surface area contributed by atoms with Gasteiger partial charge in [0.2, 0.25) is 0 Å². The Bertz CT molecular complexity index is 735. The molecule has 5 nitrogen and oxygen atoms in total. The summed E-state index contributed by atoms with van der Waals surface area (Å²) in [6.07, 6.45) is 3.58. The SMILES string of the molecule is CCNCC1CCN(C(=O)c2cnn(-c3ccccc3F)c2C)CC1. The van der Waals surface area contributed by atoms with Crippen LogP contribution in [0, 0.1) is 18.7 Å². The molecule has 1 amide bonds. The monoisotopic (exact) mass is 344 g/mol. The van der Waals surface area contributed by atoms with Crippen LogP contribution in [0.2, 0.25) is 0 Å². The minimum Gasteiger partial charge on any atom is -0.339 e. The van der Waals surface area contributed by atoms with E-state index in [-0.39, 0.29) is 11.7 Å². The fourth-order valence-corrected chi connectivity index (χ4v) is 3.34. The first-order valence-corrected chi connectivity index (χ1v) is 8.91. The second kappa shape index (κ2) is 7.78. The van der Waals surface area contributed by atoms with E-state index in [0.717, 1.165) is 39.0 Å². The Hall–Kier alpha value is -2.21. The standard InChI is InChI=1S/C19H25FN4O/c1-3-21-12-15-8-10-23(11-9-15)19(25)16-13-22-24(14(16)2)18-7-5-4-6-17(18)20/h4-7,13,15,21H,3,8-12H2,1-2H3. The Balaban J connectivity index is 1.71. The molecule has 2 aromatic rings. The molecule has 0 atom stereocenters. The van der Waals surface area contributed by atoms with Gasteiger partial charge in [0.1, 0.15) is 11.5 Å². The number of likely N-dealkylation sites (tertiary alicyclic amines) is 1. The predicted molar refractivity (Wildman–Crippen MR) is 95.4 cm³/mol. The Labute approximate surface area is 147 Å². The Morgan fingerprint density at radius 3 is 2.72 bits per heavy atom. The van der Waals surface area contributed by atoms with Crippen LogP contribution in [0.4, 0.5) is 4.39 Å². The second-order valence-corrected chi connectivity index (χ2v) is 6.55. The first-order chi connectivity index (χ1) is 12.1. The van der Waals surface area contributed by atoms with Crippen molar-refractivity contribution in [1.29, 1.82) is 0 Å². The van der Waals surface area contributed by atoms with E-state index in [1.54, 1.807) is 24.4 Å². The molecule has 1 aliphatic rings. The molecular weight excluding hydrogens is 319 g/mol. The number of halogens is 1. The molecule has 2 heterocycles. The molecule has 0 radical (unpaired) electrons. The maximum Gasteiger partial charge on any atom is 0.257 e. The fraction of sp³-hybridized carbons (Fsp3) is 0.474. The zero-order valence-corrected chi connectivity index (χ0v) is 14.8. The summed E-state index contributed by atoms with van der Waals surface area (Å²) in [5.74, 6) is 0.269. The molecule has 1 saturated heterocycles. The smallest absolute Gasteiger partial charge is 0.257 e.